The standard InChI is InChI=1S/C51H78N11O21PS/c1-24(2)21-29(52)43(70)55-31(11-15-37(53)63)44(71)56-32(12-16-38(64)65)45(72)57-33(13-17-39(66)67)46(73)60-36(22-27-23-54-30-10-8-7-9-28(27)30)48(75)58-34(14-18-40(68)69)47(74)62-42(26(5)83-84(80,81)82)50(77)61-41(25(3)4)49(76)59-35(51(78)79)19-20-85-6/h7-10,23-26,29,31-36,41-42,54H,11-22,52H2,1-6H3,(H2,53,63)(H,55,70)(H,56,71)(H,57,72)(H,58,75)(H,59,76)(H,60,73)(H,61,77)(H,62,74)(H,64,65)(H,66,67)(H,68,69)(H,78,79)(H2,80,81,82)/p-2/t26-,29+,31+,32+,33+,34+,35+,36+,41+,42+/m1/s1. The van der Waals surface area contributed by atoms with E-state index >= 15 is 0 Å². The minimum atomic E-state index is -5.99. The molecule has 85 heavy (non-hydrogen) atoms. The number of para-hydroxylation sites is 1. The van der Waals surface area contributed by atoms with Gasteiger partial charge in [-0.15, -0.1) is 0 Å². The first-order valence-corrected chi connectivity index (χ1v) is 29.6. The molecule has 0 fully saturated rings. The molecule has 2 aromatic rings. The topological polar surface area (TPSA) is 539 Å². The Kier molecular flexibility index (Phi) is 30.7. The number of carboxylic acids is 4. The van der Waals surface area contributed by atoms with Gasteiger partial charge in [0.1, 0.15) is 48.3 Å². The van der Waals surface area contributed by atoms with Gasteiger partial charge in [0.05, 0.1) is 20.0 Å². The van der Waals surface area contributed by atoms with Gasteiger partial charge in [0.25, 0.3) is 0 Å². The molecule has 17 N–H and O–H groups in total. The number of fused-ring (bicyclic) bond motifs is 1. The largest absolute Gasteiger partial charge is 0.790 e. The molecule has 0 unspecified atom stereocenters. The van der Waals surface area contributed by atoms with Crippen LogP contribution in [0.15, 0.2) is 30.5 Å². The molecule has 0 aliphatic heterocycles. The Morgan fingerprint density at radius 3 is 1.42 bits per heavy atom. The highest BCUT2D eigenvalue weighted by Gasteiger charge is 2.38. The maximum atomic E-state index is 14.6. The highest BCUT2D eigenvalue weighted by Crippen LogP contribution is 2.28. The number of phosphoric ester groups is 1. The van der Waals surface area contributed by atoms with Crippen LogP contribution in [0, 0.1) is 11.8 Å². The van der Waals surface area contributed by atoms with Gasteiger partial charge in [-0.2, -0.15) is 11.8 Å². The molecular formula is C51H76N11O21PS-2. The van der Waals surface area contributed by atoms with Crippen molar-refractivity contribution in [2.24, 2.45) is 23.3 Å². The van der Waals surface area contributed by atoms with Crippen LogP contribution in [0.5, 0.6) is 0 Å². The molecule has 0 radical (unpaired) electrons. The van der Waals surface area contributed by atoms with E-state index in [-0.39, 0.29) is 18.8 Å². The number of nitrogens with two attached hydrogens (primary N) is 2. The summed E-state index contributed by atoms with van der Waals surface area (Å²) in [4.78, 5) is 198. The fourth-order valence-electron chi connectivity index (χ4n) is 8.32. The maximum absolute atomic E-state index is 14.6. The number of aromatic amines is 1. The molecule has 9 amide bonds. The third-order valence-corrected chi connectivity index (χ3v) is 14.0. The lowest BCUT2D eigenvalue weighted by Gasteiger charge is -2.36. The number of benzene rings is 1. The number of hydrogen-bond acceptors (Lipinski definition) is 19. The Hall–Kier alpha value is -7.71. The summed E-state index contributed by atoms with van der Waals surface area (Å²) in [6.45, 7) is 7.27. The molecule has 0 bridgehead atoms. The highest BCUT2D eigenvalue weighted by atomic mass is 32.2. The number of H-pyrrole nitrogens is 1. The average molecular weight is 1240 g/mol. The first-order chi connectivity index (χ1) is 39.6. The van der Waals surface area contributed by atoms with Crippen LogP contribution in [0.1, 0.15) is 104 Å². The SMILES string of the molecule is CSCC[C@H](NC(=O)[C@@H](NC(=O)[C@@H](NC(=O)[C@H](CCC(=O)O)NC(=O)[C@H](Cc1c[nH]c2ccccc12)NC(=O)[C@H](CCC(=O)O)NC(=O)[C@H](CCC(=O)O)NC(=O)[C@H](CCC(N)=O)NC(=O)[C@@H](N)CC(C)C)[C@@H](C)OP(=O)([O-])[O-])C(C)C)C(=O)O. The van der Waals surface area contributed by atoms with E-state index in [0.717, 1.165) is 6.92 Å². The summed E-state index contributed by atoms with van der Waals surface area (Å²) < 4.78 is 16.4. The molecule has 1 heterocycles. The van der Waals surface area contributed by atoms with Gasteiger partial charge in [-0.25, -0.2) is 4.79 Å². The van der Waals surface area contributed by atoms with Gasteiger partial charge in [-0.1, -0.05) is 45.9 Å². The van der Waals surface area contributed by atoms with E-state index in [4.69, 9.17) is 11.5 Å². The Morgan fingerprint density at radius 1 is 0.576 bits per heavy atom. The molecule has 0 saturated heterocycles. The van der Waals surface area contributed by atoms with Crippen molar-refractivity contribution in [2.45, 2.75) is 166 Å². The summed E-state index contributed by atoms with van der Waals surface area (Å²) in [7, 11) is -5.99. The number of carboxylic acid groups (broad SMARTS) is 4. The van der Waals surface area contributed by atoms with Gasteiger partial charge in [0.15, 0.2) is 0 Å². The monoisotopic (exact) mass is 1240 g/mol. The van der Waals surface area contributed by atoms with Crippen LogP contribution in [0.4, 0.5) is 0 Å². The Labute approximate surface area is 492 Å². The van der Waals surface area contributed by atoms with Crippen molar-refractivity contribution in [3.8, 4) is 0 Å². The average Bonchev–Trinajstić information content (AvgIpc) is 2.84. The van der Waals surface area contributed by atoms with Gasteiger partial charge in [-0.05, 0) is 80.9 Å². The van der Waals surface area contributed by atoms with Crippen molar-refractivity contribution in [3.63, 3.8) is 0 Å². The van der Waals surface area contributed by atoms with E-state index in [1.807, 2.05) is 0 Å². The van der Waals surface area contributed by atoms with Gasteiger partial charge < -0.3 is 98.3 Å². The highest BCUT2D eigenvalue weighted by molar-refractivity contribution is 7.98. The molecule has 0 spiro atoms. The zero-order chi connectivity index (χ0) is 64.5. The van der Waals surface area contributed by atoms with Crippen molar-refractivity contribution < 1.29 is 102 Å². The summed E-state index contributed by atoms with van der Waals surface area (Å²) in [6, 6.07) is -9.07. The first kappa shape index (κ1) is 73.4. The smallest absolute Gasteiger partial charge is 0.326 e. The van der Waals surface area contributed by atoms with E-state index in [9.17, 15) is 97.1 Å². The summed E-state index contributed by atoms with van der Waals surface area (Å²) in [5.74, 6) is -17.0. The van der Waals surface area contributed by atoms with Crippen molar-refractivity contribution in [1.29, 1.82) is 0 Å². The molecule has 474 valence electrons. The first-order valence-electron chi connectivity index (χ1n) is 26.7. The molecule has 2 rings (SSSR count). The predicted octanol–water partition coefficient (Wildman–Crippen LogP) is -3.45. The van der Waals surface area contributed by atoms with E-state index in [0.29, 0.717) is 22.2 Å². The summed E-state index contributed by atoms with van der Waals surface area (Å²) >= 11 is 1.28. The lowest BCUT2D eigenvalue weighted by molar-refractivity contribution is -0.344. The summed E-state index contributed by atoms with van der Waals surface area (Å²) in [5, 5.41) is 57.5. The second-order valence-electron chi connectivity index (χ2n) is 20.6. The number of aliphatic carboxylic acids is 4. The Morgan fingerprint density at radius 2 is 0.988 bits per heavy atom. The maximum Gasteiger partial charge on any atom is 0.326 e. The van der Waals surface area contributed by atoms with Crippen molar-refractivity contribution in [2.75, 3.05) is 12.0 Å². The Balaban J connectivity index is 2.69. The predicted molar refractivity (Wildman–Crippen MR) is 298 cm³/mol. The Bertz CT molecular complexity index is 2760. The van der Waals surface area contributed by atoms with Crippen LogP contribution in [0.2, 0.25) is 0 Å². The second-order valence-corrected chi connectivity index (χ2v) is 22.7. The van der Waals surface area contributed by atoms with Gasteiger partial charge in [-0.3, -0.25) is 57.5 Å². The molecule has 32 nitrogen and oxygen atoms in total. The lowest BCUT2D eigenvalue weighted by Crippen LogP contribution is -2.62. The minimum Gasteiger partial charge on any atom is -0.790 e. The number of primary amides is 1. The molecule has 0 aliphatic rings. The van der Waals surface area contributed by atoms with Crippen LogP contribution in [-0.4, -0.2) is 175 Å². The molecule has 0 aliphatic carbocycles. The van der Waals surface area contributed by atoms with Crippen LogP contribution in [0.3, 0.4) is 0 Å². The molecule has 10 atom stereocenters. The second kappa shape index (κ2) is 35.6. The molecule has 34 heteroatoms. The van der Waals surface area contributed by atoms with E-state index < -0.39 is 209 Å². The van der Waals surface area contributed by atoms with Crippen LogP contribution in [-0.2, 0) is 77.8 Å². The van der Waals surface area contributed by atoms with Gasteiger partial charge in [0.2, 0.25) is 53.2 Å². The van der Waals surface area contributed by atoms with Crippen LogP contribution >= 0.6 is 19.6 Å². The fraction of sp³-hybridized carbons (Fsp3) is 0.588. The van der Waals surface area contributed by atoms with Crippen LogP contribution < -0.4 is 63.8 Å². The molecule has 0 saturated carbocycles. The quantitative estimate of drug-likeness (QED) is 0.0289. The fourth-order valence-corrected chi connectivity index (χ4v) is 9.33. The zero-order valence-electron chi connectivity index (χ0n) is 47.5. The van der Waals surface area contributed by atoms with E-state index in [2.05, 4.69) is 52.0 Å². The number of aromatic nitrogens is 1. The minimum absolute atomic E-state index is 0.0371. The molecule has 1 aromatic heterocycles. The zero-order valence-corrected chi connectivity index (χ0v) is 49.3. The van der Waals surface area contributed by atoms with Crippen molar-refractivity contribution in [3.05, 3.63) is 36.0 Å². The van der Waals surface area contributed by atoms with Crippen molar-refractivity contribution >= 4 is 108 Å². The third-order valence-electron chi connectivity index (χ3n) is 12.8. The number of carbonyl (C=O) groups excluding carboxylic acids is 9. The number of hydrogen-bond donors (Lipinski definition) is 15. The lowest BCUT2D eigenvalue weighted by atomic mass is 10.0. The van der Waals surface area contributed by atoms with Crippen LogP contribution in [0.25, 0.3) is 10.9 Å². The number of phosphoric acid groups is 1. The third kappa shape index (κ3) is 26.8. The number of amides is 9. The van der Waals surface area contributed by atoms with E-state index in [1.54, 1.807) is 44.4 Å². The van der Waals surface area contributed by atoms with Crippen molar-refractivity contribution in [1.82, 2.24) is 47.5 Å². The van der Waals surface area contributed by atoms with Gasteiger partial charge >= 0.3 is 23.9 Å². The number of rotatable bonds is 40. The number of carbonyl (C=O) groups is 13. The van der Waals surface area contributed by atoms with Gasteiger partial charge in [0, 0.05) is 49.2 Å². The van der Waals surface area contributed by atoms with E-state index in [1.165, 1.54) is 31.8 Å². The normalized spacial score (nSPS) is 15.0. The summed E-state index contributed by atoms with van der Waals surface area (Å²) in [5.41, 5.74) is 12.1. The molecular weight excluding hydrogens is 1170 g/mol. The number of nitrogens with one attached hydrogen (secondary N) is 9. The number of thioether (sulfide) groups is 1. The summed E-state index contributed by atoms with van der Waals surface area (Å²) in [6.07, 6.45) is -4.90. The molecule has 1 aromatic carbocycles.